The van der Waals surface area contributed by atoms with Gasteiger partial charge in [0.05, 0.1) is 17.0 Å². The molecule has 2 rings (SSSR count). The standard InChI is InChI=1S/C8H8ClN3OS/c9-5-3-14-8-6(5)7(10-1-2-13)11-4-12-8/h3-4,13H,1-2H2,(H,10,11,12). The number of rotatable bonds is 3. The summed E-state index contributed by atoms with van der Waals surface area (Å²) in [5.74, 6) is 0.676. The molecule has 6 heteroatoms. The van der Waals surface area contributed by atoms with Gasteiger partial charge in [0.25, 0.3) is 0 Å². The van der Waals surface area contributed by atoms with Gasteiger partial charge in [0.1, 0.15) is 17.0 Å². The largest absolute Gasteiger partial charge is 0.395 e. The van der Waals surface area contributed by atoms with Crippen LogP contribution in [-0.2, 0) is 0 Å². The molecule has 14 heavy (non-hydrogen) atoms. The number of nitrogens with zero attached hydrogens (tertiary/aromatic N) is 2. The molecule has 0 bridgehead atoms. The van der Waals surface area contributed by atoms with Gasteiger partial charge in [-0.25, -0.2) is 9.97 Å². The van der Waals surface area contributed by atoms with Gasteiger partial charge in [-0.05, 0) is 0 Å². The van der Waals surface area contributed by atoms with Crippen molar-refractivity contribution >= 4 is 39.0 Å². The van der Waals surface area contributed by atoms with Crippen molar-refractivity contribution in [1.29, 1.82) is 0 Å². The van der Waals surface area contributed by atoms with Crippen LogP contribution < -0.4 is 5.32 Å². The number of aliphatic hydroxyl groups is 1. The van der Waals surface area contributed by atoms with Gasteiger partial charge < -0.3 is 10.4 Å². The molecular weight excluding hydrogens is 222 g/mol. The summed E-state index contributed by atoms with van der Waals surface area (Å²) in [6.07, 6.45) is 1.48. The van der Waals surface area contributed by atoms with E-state index in [0.717, 1.165) is 10.2 Å². The van der Waals surface area contributed by atoms with Crippen molar-refractivity contribution in [2.75, 3.05) is 18.5 Å². The zero-order chi connectivity index (χ0) is 9.97. The molecule has 2 aromatic rings. The van der Waals surface area contributed by atoms with Gasteiger partial charge in [-0.15, -0.1) is 11.3 Å². The first-order chi connectivity index (χ1) is 6.83. The number of fused-ring (bicyclic) bond motifs is 1. The molecule has 0 aromatic carbocycles. The maximum absolute atomic E-state index is 8.68. The zero-order valence-electron chi connectivity index (χ0n) is 7.20. The van der Waals surface area contributed by atoms with Crippen LogP contribution in [0.4, 0.5) is 5.82 Å². The van der Waals surface area contributed by atoms with E-state index in [0.29, 0.717) is 17.4 Å². The number of thiophene rings is 1. The smallest absolute Gasteiger partial charge is 0.139 e. The summed E-state index contributed by atoms with van der Waals surface area (Å²) in [4.78, 5) is 9.01. The van der Waals surface area contributed by atoms with Crippen molar-refractivity contribution in [3.63, 3.8) is 0 Å². The molecule has 2 heterocycles. The average molecular weight is 230 g/mol. The lowest BCUT2D eigenvalue weighted by atomic mass is 10.4. The van der Waals surface area contributed by atoms with Gasteiger partial charge in [0.15, 0.2) is 0 Å². The van der Waals surface area contributed by atoms with Crippen LogP contribution in [0.25, 0.3) is 10.2 Å². The number of hydrogen-bond donors (Lipinski definition) is 2. The Hall–Kier alpha value is -0.910. The van der Waals surface area contributed by atoms with Crippen molar-refractivity contribution in [2.45, 2.75) is 0 Å². The number of halogens is 1. The molecule has 74 valence electrons. The number of aliphatic hydroxyl groups excluding tert-OH is 1. The summed E-state index contributed by atoms with van der Waals surface area (Å²) in [7, 11) is 0. The molecule has 4 nitrogen and oxygen atoms in total. The second kappa shape index (κ2) is 4.08. The van der Waals surface area contributed by atoms with Crippen molar-refractivity contribution in [1.82, 2.24) is 9.97 Å². The predicted octanol–water partition coefficient (Wildman–Crippen LogP) is 1.75. The molecule has 0 atom stereocenters. The Kier molecular flexibility index (Phi) is 2.81. The number of nitrogens with one attached hydrogen (secondary N) is 1. The average Bonchev–Trinajstić information content (AvgIpc) is 2.58. The van der Waals surface area contributed by atoms with Gasteiger partial charge in [-0.2, -0.15) is 0 Å². The minimum atomic E-state index is 0.0628. The molecule has 0 amide bonds. The lowest BCUT2D eigenvalue weighted by Crippen LogP contribution is -2.07. The molecule has 0 fully saturated rings. The Morgan fingerprint density at radius 2 is 2.36 bits per heavy atom. The highest BCUT2D eigenvalue weighted by molar-refractivity contribution is 7.17. The van der Waals surface area contributed by atoms with Crippen molar-refractivity contribution in [3.8, 4) is 0 Å². The van der Waals surface area contributed by atoms with Gasteiger partial charge in [0.2, 0.25) is 0 Å². The van der Waals surface area contributed by atoms with Gasteiger partial charge >= 0.3 is 0 Å². The molecule has 0 saturated heterocycles. The molecule has 0 spiro atoms. The summed E-state index contributed by atoms with van der Waals surface area (Å²) in [5.41, 5.74) is 0. The maximum atomic E-state index is 8.68. The minimum absolute atomic E-state index is 0.0628. The first kappa shape index (κ1) is 9.64. The number of aromatic nitrogens is 2. The Labute approximate surface area is 89.6 Å². The van der Waals surface area contributed by atoms with Crippen LogP contribution in [0.1, 0.15) is 0 Å². The predicted molar refractivity (Wildman–Crippen MR) is 58.0 cm³/mol. The summed E-state index contributed by atoms with van der Waals surface area (Å²) >= 11 is 7.46. The van der Waals surface area contributed by atoms with Crippen molar-refractivity contribution < 1.29 is 5.11 Å². The van der Waals surface area contributed by atoms with Crippen LogP contribution >= 0.6 is 22.9 Å². The van der Waals surface area contributed by atoms with Crippen LogP contribution in [-0.4, -0.2) is 28.2 Å². The molecule has 2 aromatic heterocycles. The first-order valence-corrected chi connectivity index (χ1v) is 5.31. The zero-order valence-corrected chi connectivity index (χ0v) is 8.77. The Morgan fingerprint density at radius 1 is 1.50 bits per heavy atom. The van der Waals surface area contributed by atoms with Gasteiger partial charge in [0, 0.05) is 11.9 Å². The van der Waals surface area contributed by atoms with E-state index < -0.39 is 0 Å². The third-order valence-corrected chi connectivity index (χ3v) is 3.04. The fraction of sp³-hybridized carbons (Fsp3) is 0.250. The molecule has 2 N–H and O–H groups in total. The minimum Gasteiger partial charge on any atom is -0.395 e. The fourth-order valence-electron chi connectivity index (χ4n) is 1.15. The SMILES string of the molecule is OCCNc1ncnc2scc(Cl)c12. The Morgan fingerprint density at radius 3 is 3.14 bits per heavy atom. The highest BCUT2D eigenvalue weighted by atomic mass is 35.5. The quantitative estimate of drug-likeness (QED) is 0.842. The third kappa shape index (κ3) is 1.66. The summed E-state index contributed by atoms with van der Waals surface area (Å²) < 4.78 is 0. The summed E-state index contributed by atoms with van der Waals surface area (Å²) in [6, 6.07) is 0. The van der Waals surface area contributed by atoms with E-state index in [1.165, 1.54) is 17.7 Å². The lowest BCUT2D eigenvalue weighted by Gasteiger charge is -2.03. The highest BCUT2D eigenvalue weighted by Crippen LogP contribution is 2.32. The molecule has 0 saturated carbocycles. The van der Waals surface area contributed by atoms with Gasteiger partial charge in [-0.1, -0.05) is 11.6 Å². The van der Waals surface area contributed by atoms with Crippen LogP contribution in [0.5, 0.6) is 0 Å². The third-order valence-electron chi connectivity index (χ3n) is 1.73. The van der Waals surface area contributed by atoms with E-state index in [9.17, 15) is 0 Å². The van der Waals surface area contributed by atoms with E-state index >= 15 is 0 Å². The topological polar surface area (TPSA) is 58.0 Å². The van der Waals surface area contributed by atoms with Crippen LogP contribution in [0, 0.1) is 0 Å². The second-order valence-electron chi connectivity index (χ2n) is 2.64. The van der Waals surface area contributed by atoms with Crippen molar-refractivity contribution in [2.24, 2.45) is 0 Å². The van der Waals surface area contributed by atoms with Crippen molar-refractivity contribution in [3.05, 3.63) is 16.7 Å². The number of hydrogen-bond acceptors (Lipinski definition) is 5. The molecule has 0 radical (unpaired) electrons. The van der Waals surface area contributed by atoms with E-state index in [-0.39, 0.29) is 6.61 Å². The van der Waals surface area contributed by atoms with E-state index in [1.54, 1.807) is 0 Å². The van der Waals surface area contributed by atoms with Crippen LogP contribution in [0.3, 0.4) is 0 Å². The van der Waals surface area contributed by atoms with Crippen LogP contribution in [0.2, 0.25) is 5.02 Å². The number of anilines is 1. The summed E-state index contributed by atoms with van der Waals surface area (Å²) in [5, 5.41) is 15.0. The lowest BCUT2D eigenvalue weighted by molar-refractivity contribution is 0.311. The van der Waals surface area contributed by atoms with Crippen LogP contribution in [0.15, 0.2) is 11.7 Å². The maximum Gasteiger partial charge on any atom is 0.139 e. The molecular formula is C8H8ClN3OS. The molecule has 0 unspecified atom stereocenters. The first-order valence-electron chi connectivity index (χ1n) is 4.05. The monoisotopic (exact) mass is 229 g/mol. The van der Waals surface area contributed by atoms with E-state index in [1.807, 2.05) is 5.38 Å². The molecule has 0 aliphatic carbocycles. The van der Waals surface area contributed by atoms with Gasteiger partial charge in [-0.3, -0.25) is 0 Å². The Balaban J connectivity index is 2.46. The molecule has 0 aliphatic rings. The molecule has 0 aliphatic heterocycles. The fourth-order valence-corrected chi connectivity index (χ4v) is 2.28. The second-order valence-corrected chi connectivity index (χ2v) is 3.90. The summed E-state index contributed by atoms with van der Waals surface area (Å²) in [6.45, 7) is 0.519. The van der Waals surface area contributed by atoms with E-state index in [4.69, 9.17) is 16.7 Å². The normalized spacial score (nSPS) is 10.7. The highest BCUT2D eigenvalue weighted by Gasteiger charge is 2.08. The Bertz CT molecular complexity index is 445. The van der Waals surface area contributed by atoms with E-state index in [2.05, 4.69) is 15.3 Å².